The first-order chi connectivity index (χ1) is 12.2. The van der Waals surface area contributed by atoms with Gasteiger partial charge in [0.2, 0.25) is 0 Å². The minimum atomic E-state index is -4.61. The highest BCUT2D eigenvalue weighted by atomic mass is 19.4. The van der Waals surface area contributed by atoms with Gasteiger partial charge in [-0.3, -0.25) is 9.98 Å². The Labute approximate surface area is 150 Å². The molecule has 1 fully saturated rings. The second kappa shape index (κ2) is 8.44. The van der Waals surface area contributed by atoms with Crippen LogP contribution in [0.3, 0.4) is 0 Å². The molecule has 4 nitrogen and oxygen atoms in total. The van der Waals surface area contributed by atoms with Crippen molar-refractivity contribution in [3.05, 3.63) is 35.3 Å². The summed E-state index contributed by atoms with van der Waals surface area (Å²) in [6.07, 6.45) is -3.03. The molecule has 2 rings (SSSR count). The van der Waals surface area contributed by atoms with Gasteiger partial charge >= 0.3 is 6.18 Å². The van der Waals surface area contributed by atoms with Crippen LogP contribution in [0.15, 0.2) is 39.5 Å². The Kier molecular flexibility index (Phi) is 6.52. The summed E-state index contributed by atoms with van der Waals surface area (Å²) in [5.41, 5.74) is -0.744. The molecular weight excluding hydrogens is 348 g/mol. The molecular formula is C18H22F4N4. The van der Waals surface area contributed by atoms with Gasteiger partial charge in [-0.15, -0.1) is 0 Å². The fourth-order valence-electron chi connectivity index (χ4n) is 2.72. The van der Waals surface area contributed by atoms with Crippen LogP contribution in [0.4, 0.5) is 28.9 Å². The van der Waals surface area contributed by atoms with Gasteiger partial charge in [-0.25, -0.2) is 4.39 Å². The van der Waals surface area contributed by atoms with Crippen LogP contribution in [0.25, 0.3) is 0 Å². The van der Waals surface area contributed by atoms with E-state index in [9.17, 15) is 17.6 Å². The van der Waals surface area contributed by atoms with Crippen LogP contribution in [0.5, 0.6) is 0 Å². The van der Waals surface area contributed by atoms with E-state index in [0.717, 1.165) is 32.1 Å². The van der Waals surface area contributed by atoms with E-state index in [4.69, 9.17) is 0 Å². The lowest BCUT2D eigenvalue weighted by Gasteiger charge is -2.23. The van der Waals surface area contributed by atoms with E-state index in [1.807, 2.05) is 11.9 Å². The number of halogens is 4. The van der Waals surface area contributed by atoms with Crippen molar-refractivity contribution in [3.8, 4) is 0 Å². The third-order valence-corrected chi connectivity index (χ3v) is 4.27. The summed E-state index contributed by atoms with van der Waals surface area (Å²) in [4.78, 5) is 11.2. The van der Waals surface area contributed by atoms with Gasteiger partial charge in [-0.1, -0.05) is 0 Å². The van der Waals surface area contributed by atoms with Gasteiger partial charge in [-0.2, -0.15) is 13.2 Å². The van der Waals surface area contributed by atoms with Gasteiger partial charge in [0.05, 0.1) is 22.6 Å². The Bertz CT molecular complexity index is 710. The van der Waals surface area contributed by atoms with Gasteiger partial charge < -0.3 is 9.80 Å². The molecule has 0 N–H and O–H groups in total. The maximum absolute atomic E-state index is 14.5. The normalized spacial score (nSPS) is 18.0. The summed E-state index contributed by atoms with van der Waals surface area (Å²) in [5.74, 6) is -0.500. The molecule has 0 radical (unpaired) electrons. The third-order valence-electron chi connectivity index (χ3n) is 4.27. The van der Waals surface area contributed by atoms with Crippen molar-refractivity contribution < 1.29 is 17.6 Å². The lowest BCUT2D eigenvalue weighted by atomic mass is 10.2. The molecule has 142 valence electrons. The number of hydrogen-bond acceptors (Lipinski definition) is 4. The molecule has 1 aliphatic rings. The largest absolute Gasteiger partial charge is 0.419 e. The molecule has 8 heteroatoms. The second-order valence-electron chi connectivity index (χ2n) is 6.19. The summed E-state index contributed by atoms with van der Waals surface area (Å²) in [6, 6.07) is 4.21. The number of alkyl halides is 3. The van der Waals surface area contributed by atoms with E-state index in [1.54, 1.807) is 6.07 Å². The van der Waals surface area contributed by atoms with E-state index in [0.29, 0.717) is 18.4 Å². The highest BCUT2D eigenvalue weighted by Gasteiger charge is 2.34. The van der Waals surface area contributed by atoms with E-state index in [1.165, 1.54) is 13.0 Å². The van der Waals surface area contributed by atoms with Crippen molar-refractivity contribution in [1.82, 2.24) is 4.90 Å². The van der Waals surface area contributed by atoms with Gasteiger partial charge in [0.1, 0.15) is 5.82 Å². The van der Waals surface area contributed by atoms with Crippen molar-refractivity contribution in [3.63, 3.8) is 0 Å². The molecule has 0 aliphatic carbocycles. The van der Waals surface area contributed by atoms with Crippen molar-refractivity contribution in [1.29, 1.82) is 0 Å². The quantitative estimate of drug-likeness (QED) is 0.587. The van der Waals surface area contributed by atoms with Crippen LogP contribution >= 0.6 is 0 Å². The predicted molar refractivity (Wildman–Crippen MR) is 97.2 cm³/mol. The Balaban J connectivity index is 2.22. The first kappa shape index (κ1) is 20.1. The standard InChI is InChI=1S/C18H22F4N4/c1-13(23-2)15(18(20,21)22)12-24-14-5-6-17(16(19)11-14)26-8-4-7-25(3)9-10-26/h5-6,11-12H,2,4,7-10H2,1,3H3/b15-13+,24-12?. The van der Waals surface area contributed by atoms with Crippen LogP contribution < -0.4 is 4.90 Å². The summed E-state index contributed by atoms with van der Waals surface area (Å²) in [6.45, 7) is 7.50. The maximum Gasteiger partial charge on any atom is 0.419 e. The molecule has 0 bridgehead atoms. The molecule has 1 aromatic rings. The smallest absolute Gasteiger partial charge is 0.368 e. The summed E-state index contributed by atoms with van der Waals surface area (Å²) in [7, 11) is 2.02. The lowest BCUT2D eigenvalue weighted by molar-refractivity contribution is -0.0863. The molecule has 1 heterocycles. The van der Waals surface area contributed by atoms with Gasteiger partial charge in [0.15, 0.2) is 0 Å². The topological polar surface area (TPSA) is 31.2 Å². The zero-order valence-corrected chi connectivity index (χ0v) is 14.9. The van der Waals surface area contributed by atoms with Crippen LogP contribution in [0.1, 0.15) is 13.3 Å². The SMILES string of the molecule is C=N/C(C)=C(\C=Nc1ccc(N2CCCN(C)CC2)c(F)c1)C(F)(F)F. The number of rotatable bonds is 4. The number of anilines is 1. The Hall–Kier alpha value is -2.22. The molecule has 0 amide bonds. The summed E-state index contributed by atoms with van der Waals surface area (Å²) < 4.78 is 53.4. The third kappa shape index (κ3) is 5.14. The van der Waals surface area contributed by atoms with Gasteiger partial charge in [0, 0.05) is 31.9 Å². The first-order valence-corrected chi connectivity index (χ1v) is 8.24. The van der Waals surface area contributed by atoms with E-state index >= 15 is 0 Å². The Morgan fingerprint density at radius 3 is 2.54 bits per heavy atom. The molecule has 1 aromatic carbocycles. The fraction of sp³-hybridized carbons (Fsp3) is 0.444. The van der Waals surface area contributed by atoms with E-state index < -0.39 is 17.6 Å². The van der Waals surface area contributed by atoms with Crippen LogP contribution in [-0.4, -0.2) is 57.2 Å². The number of likely N-dealkylation sites (N-methyl/N-ethyl adjacent to an activating group) is 1. The number of benzene rings is 1. The zero-order valence-electron chi connectivity index (χ0n) is 14.9. The van der Waals surface area contributed by atoms with Crippen LogP contribution in [-0.2, 0) is 0 Å². The molecule has 0 aromatic heterocycles. The Morgan fingerprint density at radius 1 is 1.19 bits per heavy atom. The predicted octanol–water partition coefficient (Wildman–Crippen LogP) is 4.21. The van der Waals surface area contributed by atoms with Crippen molar-refractivity contribution >= 4 is 24.3 Å². The maximum atomic E-state index is 14.5. The summed E-state index contributed by atoms with van der Waals surface area (Å²) >= 11 is 0. The first-order valence-electron chi connectivity index (χ1n) is 8.24. The molecule has 26 heavy (non-hydrogen) atoms. The highest BCUT2D eigenvalue weighted by Crippen LogP contribution is 2.29. The number of nitrogens with zero attached hydrogens (tertiary/aromatic N) is 4. The van der Waals surface area contributed by atoms with Crippen LogP contribution in [0.2, 0.25) is 0 Å². The van der Waals surface area contributed by atoms with Crippen LogP contribution in [0, 0.1) is 5.82 Å². The van der Waals surface area contributed by atoms with Gasteiger partial charge in [0.25, 0.3) is 0 Å². The van der Waals surface area contributed by atoms with E-state index in [-0.39, 0.29) is 11.4 Å². The van der Waals surface area contributed by atoms with Crippen molar-refractivity contribution in [2.75, 3.05) is 38.1 Å². The van der Waals surface area contributed by atoms with E-state index in [2.05, 4.69) is 21.6 Å². The second-order valence-corrected chi connectivity index (χ2v) is 6.19. The summed E-state index contributed by atoms with van der Waals surface area (Å²) in [5, 5.41) is 0. The highest BCUT2D eigenvalue weighted by molar-refractivity contribution is 5.83. The number of aliphatic imine (C=N–C) groups is 2. The lowest BCUT2D eigenvalue weighted by Crippen LogP contribution is -2.29. The molecule has 0 atom stereocenters. The molecule has 0 saturated carbocycles. The monoisotopic (exact) mass is 370 g/mol. The fourth-order valence-corrected chi connectivity index (χ4v) is 2.72. The van der Waals surface area contributed by atoms with Gasteiger partial charge in [-0.05, 0) is 45.8 Å². The Morgan fingerprint density at radius 2 is 1.92 bits per heavy atom. The number of hydrogen-bond donors (Lipinski definition) is 0. The average molecular weight is 370 g/mol. The molecule has 0 spiro atoms. The molecule has 1 saturated heterocycles. The number of allylic oxidation sites excluding steroid dienone is 2. The zero-order chi connectivity index (χ0) is 19.3. The van der Waals surface area contributed by atoms with Crippen molar-refractivity contribution in [2.24, 2.45) is 9.98 Å². The average Bonchev–Trinajstić information content (AvgIpc) is 2.78. The van der Waals surface area contributed by atoms with Crippen molar-refractivity contribution in [2.45, 2.75) is 19.5 Å². The minimum Gasteiger partial charge on any atom is -0.368 e. The molecule has 0 unspecified atom stereocenters. The minimum absolute atomic E-state index is 0.108. The molecule has 1 aliphatic heterocycles.